The van der Waals surface area contributed by atoms with Gasteiger partial charge in [0, 0.05) is 0 Å². The molecular formula is C13H11Li. The summed E-state index contributed by atoms with van der Waals surface area (Å²) in [5.41, 5.74) is 2.75. The molecule has 0 saturated heterocycles. The van der Waals surface area contributed by atoms with Crippen molar-refractivity contribution in [1.82, 2.24) is 0 Å². The zero-order valence-corrected chi connectivity index (χ0v) is 8.35. The van der Waals surface area contributed by atoms with Crippen LogP contribution in [-0.2, 0) is 0 Å². The minimum absolute atomic E-state index is 0.484. The van der Waals surface area contributed by atoms with E-state index < -0.39 is 0 Å². The normalized spacial score (nSPS) is 10.5. The summed E-state index contributed by atoms with van der Waals surface area (Å²) < 4.78 is 0.484. The van der Waals surface area contributed by atoms with Crippen molar-refractivity contribution in [2.75, 3.05) is 0 Å². The van der Waals surface area contributed by atoms with Crippen molar-refractivity contribution in [2.24, 2.45) is 0 Å². The molecule has 64 valence electrons. The molecule has 0 aliphatic heterocycles. The Balaban J connectivity index is 2.30. The summed E-state index contributed by atoms with van der Waals surface area (Å²) in [4.78, 5) is 0. The van der Waals surface area contributed by atoms with Crippen LogP contribution < -0.4 is 0 Å². The second kappa shape index (κ2) is 4.51. The van der Waals surface area contributed by atoms with Crippen LogP contribution in [0.25, 0.3) is 0 Å². The summed E-state index contributed by atoms with van der Waals surface area (Å²) in [5, 5.41) is 0. The first-order chi connectivity index (χ1) is 6.88. The summed E-state index contributed by atoms with van der Waals surface area (Å²) in [6.45, 7) is 0. The van der Waals surface area contributed by atoms with Gasteiger partial charge in [0.15, 0.2) is 0 Å². The van der Waals surface area contributed by atoms with Crippen molar-refractivity contribution in [3.63, 3.8) is 0 Å². The second-order valence-electron chi connectivity index (χ2n) is 3.54. The van der Waals surface area contributed by atoms with Gasteiger partial charge in [-0.05, 0) is 0 Å². The molecule has 0 heterocycles. The molecule has 1 heteroatoms. The Morgan fingerprint density at radius 2 is 1.00 bits per heavy atom. The summed E-state index contributed by atoms with van der Waals surface area (Å²) in [6, 6.07) is 21.2. The average Bonchev–Trinajstić information content (AvgIpc) is 2.30. The van der Waals surface area contributed by atoms with Crippen molar-refractivity contribution >= 4 is 17.7 Å². The van der Waals surface area contributed by atoms with Gasteiger partial charge in [0.2, 0.25) is 0 Å². The minimum atomic E-state index is 0.484. The molecular weight excluding hydrogens is 163 g/mol. The zero-order chi connectivity index (χ0) is 9.80. The average molecular weight is 174 g/mol. The van der Waals surface area contributed by atoms with Crippen LogP contribution in [0.3, 0.4) is 0 Å². The monoisotopic (exact) mass is 174 g/mol. The Morgan fingerprint density at radius 1 is 0.643 bits per heavy atom. The van der Waals surface area contributed by atoms with Crippen LogP contribution in [0, 0.1) is 0 Å². The van der Waals surface area contributed by atoms with Crippen molar-refractivity contribution in [3.8, 4) is 0 Å². The number of rotatable bonds is 2. The van der Waals surface area contributed by atoms with Crippen LogP contribution in [0.1, 0.15) is 15.7 Å². The molecule has 0 N–H and O–H groups in total. The molecule has 2 aromatic rings. The Labute approximate surface area is 94.2 Å². The summed E-state index contributed by atoms with van der Waals surface area (Å²) in [5.74, 6) is 0. The Bertz CT molecular complexity index is 341. The fraction of sp³-hybridized carbons (Fsp3) is 0.0769. The standard InChI is InChI=1S/C13H11.Li/c1-3-7-12(8-4-1)11-13-9-5-2-6-10-13;/h1-11H;. The van der Waals surface area contributed by atoms with Crippen LogP contribution in [0.4, 0.5) is 0 Å². The van der Waals surface area contributed by atoms with Gasteiger partial charge in [0.1, 0.15) is 0 Å². The number of hydrogen-bond donors (Lipinski definition) is 0. The van der Waals surface area contributed by atoms with Crippen LogP contribution in [0.15, 0.2) is 60.7 Å². The fourth-order valence-electron chi connectivity index (χ4n) is 1.68. The summed E-state index contributed by atoms with van der Waals surface area (Å²) >= 11 is 2.24. The first-order valence-corrected chi connectivity index (χ1v) is 4.98. The van der Waals surface area contributed by atoms with E-state index in [0.29, 0.717) is 4.59 Å². The van der Waals surface area contributed by atoms with Gasteiger partial charge in [-0.1, -0.05) is 0 Å². The quantitative estimate of drug-likeness (QED) is 0.614. The van der Waals surface area contributed by atoms with E-state index in [2.05, 4.69) is 78.4 Å². The molecule has 0 aliphatic rings. The maximum atomic E-state index is 2.24. The van der Waals surface area contributed by atoms with Crippen molar-refractivity contribution in [2.45, 2.75) is 4.59 Å². The van der Waals surface area contributed by atoms with Gasteiger partial charge in [0.25, 0.3) is 0 Å². The summed E-state index contributed by atoms with van der Waals surface area (Å²) in [7, 11) is 0. The van der Waals surface area contributed by atoms with Crippen LogP contribution in [0.5, 0.6) is 0 Å². The molecule has 0 fully saturated rings. The van der Waals surface area contributed by atoms with Gasteiger partial charge in [-0.15, -0.1) is 0 Å². The molecule has 0 amide bonds. The zero-order valence-electron chi connectivity index (χ0n) is 8.35. The molecule has 0 nitrogen and oxygen atoms in total. The van der Waals surface area contributed by atoms with Crippen molar-refractivity contribution < 1.29 is 0 Å². The van der Waals surface area contributed by atoms with E-state index in [-0.39, 0.29) is 0 Å². The number of benzene rings is 2. The molecule has 0 radical (unpaired) electrons. The van der Waals surface area contributed by atoms with E-state index in [9.17, 15) is 0 Å². The van der Waals surface area contributed by atoms with Gasteiger partial charge >= 0.3 is 94.1 Å². The topological polar surface area (TPSA) is 0 Å². The van der Waals surface area contributed by atoms with E-state index in [1.54, 1.807) is 0 Å². The van der Waals surface area contributed by atoms with Crippen LogP contribution >= 0.6 is 0 Å². The molecule has 0 bridgehead atoms. The Kier molecular flexibility index (Phi) is 3.09. The third-order valence-electron chi connectivity index (χ3n) is 2.60. The maximum absolute atomic E-state index is 2.24. The predicted octanol–water partition coefficient (Wildman–Crippen LogP) is 2.94. The molecule has 14 heavy (non-hydrogen) atoms. The third-order valence-corrected chi connectivity index (χ3v) is 2.60. The van der Waals surface area contributed by atoms with Gasteiger partial charge in [-0.3, -0.25) is 0 Å². The fourth-order valence-corrected chi connectivity index (χ4v) is 1.68. The Morgan fingerprint density at radius 3 is 1.36 bits per heavy atom. The van der Waals surface area contributed by atoms with Gasteiger partial charge in [0.05, 0.1) is 0 Å². The van der Waals surface area contributed by atoms with E-state index in [1.807, 2.05) is 0 Å². The van der Waals surface area contributed by atoms with Crippen LogP contribution in [0.2, 0.25) is 0 Å². The second-order valence-corrected chi connectivity index (χ2v) is 3.54. The molecule has 0 atom stereocenters. The van der Waals surface area contributed by atoms with Crippen LogP contribution in [-0.4, -0.2) is 17.7 Å². The SMILES string of the molecule is [Li][CH](c1ccccc1)c1ccccc1. The van der Waals surface area contributed by atoms with E-state index in [1.165, 1.54) is 11.1 Å². The third kappa shape index (κ3) is 2.10. The van der Waals surface area contributed by atoms with E-state index >= 15 is 0 Å². The molecule has 0 aliphatic carbocycles. The van der Waals surface area contributed by atoms with E-state index in [4.69, 9.17) is 0 Å². The number of hydrogen-bond acceptors (Lipinski definition) is 0. The van der Waals surface area contributed by atoms with Crippen molar-refractivity contribution in [3.05, 3.63) is 71.8 Å². The molecule has 0 unspecified atom stereocenters. The first-order valence-electron chi connectivity index (χ1n) is 4.98. The molecule has 2 aromatic carbocycles. The van der Waals surface area contributed by atoms with Crippen molar-refractivity contribution in [1.29, 1.82) is 0 Å². The molecule has 0 spiro atoms. The van der Waals surface area contributed by atoms with Gasteiger partial charge in [-0.25, -0.2) is 0 Å². The van der Waals surface area contributed by atoms with Gasteiger partial charge < -0.3 is 0 Å². The molecule has 0 aromatic heterocycles. The van der Waals surface area contributed by atoms with E-state index in [0.717, 1.165) is 0 Å². The molecule has 2 rings (SSSR count). The molecule has 0 saturated carbocycles. The Hall–Kier alpha value is -0.963. The summed E-state index contributed by atoms with van der Waals surface area (Å²) in [6.07, 6.45) is 0. The predicted molar refractivity (Wildman–Crippen MR) is 60.5 cm³/mol. The van der Waals surface area contributed by atoms with Gasteiger partial charge in [-0.2, -0.15) is 0 Å². The first kappa shape index (κ1) is 9.59.